The first-order chi connectivity index (χ1) is 11.6. The van der Waals surface area contributed by atoms with Crippen LogP contribution >= 0.6 is 24.0 Å². The smallest absolute Gasteiger partial charge is 0.251 e. The number of aliphatic imine (C=N–C) groups is 1. The van der Waals surface area contributed by atoms with Crippen LogP contribution in [0.3, 0.4) is 0 Å². The van der Waals surface area contributed by atoms with Gasteiger partial charge in [-0.2, -0.15) is 0 Å². The van der Waals surface area contributed by atoms with Crippen LogP contribution in [0.5, 0.6) is 0 Å². The van der Waals surface area contributed by atoms with Gasteiger partial charge in [-0.15, -0.1) is 24.0 Å². The summed E-state index contributed by atoms with van der Waals surface area (Å²) in [5.74, 6) is 0.313. The SMILES string of the molecule is Cc1ccc(NC(N)=NCCCNC(=O)c2ccccc2)cc1C.I. The van der Waals surface area contributed by atoms with Gasteiger partial charge in [0.15, 0.2) is 5.96 Å². The molecule has 5 nitrogen and oxygen atoms in total. The van der Waals surface area contributed by atoms with E-state index >= 15 is 0 Å². The Kier molecular flexibility index (Phi) is 8.98. The highest BCUT2D eigenvalue weighted by atomic mass is 127. The molecule has 25 heavy (non-hydrogen) atoms. The first-order valence-corrected chi connectivity index (χ1v) is 8.03. The highest BCUT2D eigenvalue weighted by molar-refractivity contribution is 14.0. The molecule has 134 valence electrons. The Balaban J connectivity index is 0.00000312. The van der Waals surface area contributed by atoms with Gasteiger partial charge in [-0.3, -0.25) is 9.79 Å². The van der Waals surface area contributed by atoms with E-state index in [1.807, 2.05) is 36.4 Å². The van der Waals surface area contributed by atoms with E-state index in [1.165, 1.54) is 11.1 Å². The second kappa shape index (κ2) is 10.7. The lowest BCUT2D eigenvalue weighted by atomic mass is 10.1. The van der Waals surface area contributed by atoms with Gasteiger partial charge in [-0.25, -0.2) is 0 Å². The van der Waals surface area contributed by atoms with Gasteiger partial charge in [0.25, 0.3) is 5.91 Å². The highest BCUT2D eigenvalue weighted by Crippen LogP contribution is 2.13. The van der Waals surface area contributed by atoms with Gasteiger partial charge in [0.2, 0.25) is 0 Å². The largest absolute Gasteiger partial charge is 0.370 e. The molecule has 0 saturated heterocycles. The van der Waals surface area contributed by atoms with Crippen molar-refractivity contribution in [2.45, 2.75) is 20.3 Å². The summed E-state index contributed by atoms with van der Waals surface area (Å²) in [5.41, 5.74) is 9.92. The maximum Gasteiger partial charge on any atom is 0.251 e. The van der Waals surface area contributed by atoms with Crippen molar-refractivity contribution in [2.75, 3.05) is 18.4 Å². The lowest BCUT2D eigenvalue weighted by molar-refractivity contribution is 0.0953. The lowest BCUT2D eigenvalue weighted by Gasteiger charge is -2.08. The van der Waals surface area contributed by atoms with Crippen LogP contribution in [0, 0.1) is 13.8 Å². The van der Waals surface area contributed by atoms with Gasteiger partial charge in [-0.1, -0.05) is 24.3 Å². The third-order valence-electron chi connectivity index (χ3n) is 3.72. The molecule has 0 aliphatic carbocycles. The van der Waals surface area contributed by atoms with Crippen molar-refractivity contribution in [3.05, 3.63) is 65.2 Å². The number of hydrogen-bond donors (Lipinski definition) is 3. The maximum atomic E-state index is 11.9. The van der Waals surface area contributed by atoms with Crippen molar-refractivity contribution in [2.24, 2.45) is 10.7 Å². The van der Waals surface area contributed by atoms with Crippen molar-refractivity contribution in [3.8, 4) is 0 Å². The molecular weight excluding hydrogens is 427 g/mol. The topological polar surface area (TPSA) is 79.5 Å². The average molecular weight is 452 g/mol. The van der Waals surface area contributed by atoms with Gasteiger partial charge in [0.1, 0.15) is 0 Å². The van der Waals surface area contributed by atoms with Crippen LogP contribution in [0.2, 0.25) is 0 Å². The van der Waals surface area contributed by atoms with Crippen LogP contribution < -0.4 is 16.4 Å². The van der Waals surface area contributed by atoms with E-state index in [9.17, 15) is 4.79 Å². The molecule has 0 aliphatic heterocycles. The summed E-state index contributed by atoms with van der Waals surface area (Å²) < 4.78 is 0. The fourth-order valence-corrected chi connectivity index (χ4v) is 2.18. The fourth-order valence-electron chi connectivity index (χ4n) is 2.18. The van der Waals surface area contributed by atoms with Gasteiger partial charge in [0.05, 0.1) is 0 Å². The number of benzene rings is 2. The van der Waals surface area contributed by atoms with Crippen LogP contribution in [0.25, 0.3) is 0 Å². The number of carbonyl (C=O) groups is 1. The molecule has 0 radical (unpaired) electrons. The minimum absolute atomic E-state index is 0. The quantitative estimate of drug-likeness (QED) is 0.272. The normalized spacial score (nSPS) is 10.7. The molecule has 6 heteroatoms. The Hall–Kier alpha value is -2.09. The molecule has 0 aliphatic rings. The van der Waals surface area contributed by atoms with Gasteiger partial charge in [-0.05, 0) is 55.7 Å². The summed E-state index contributed by atoms with van der Waals surface area (Å²) >= 11 is 0. The van der Waals surface area contributed by atoms with Crippen LogP contribution in [0.15, 0.2) is 53.5 Å². The minimum atomic E-state index is -0.0687. The summed E-state index contributed by atoms with van der Waals surface area (Å²) in [4.78, 5) is 16.1. The summed E-state index contributed by atoms with van der Waals surface area (Å²) in [6, 6.07) is 15.2. The first kappa shape index (κ1) is 21.0. The Bertz CT molecular complexity index is 717. The third-order valence-corrected chi connectivity index (χ3v) is 3.72. The Morgan fingerprint density at radius 1 is 1.08 bits per heavy atom. The number of amides is 1. The van der Waals surface area contributed by atoms with E-state index in [-0.39, 0.29) is 29.9 Å². The number of nitrogens with zero attached hydrogens (tertiary/aromatic N) is 1. The fraction of sp³-hybridized carbons (Fsp3) is 0.263. The third kappa shape index (κ3) is 7.13. The van der Waals surface area contributed by atoms with Crippen LogP contribution in [-0.4, -0.2) is 25.0 Å². The molecule has 0 bridgehead atoms. The predicted octanol–water partition coefficient (Wildman–Crippen LogP) is 3.47. The molecule has 0 spiro atoms. The standard InChI is InChI=1S/C19H24N4O.HI/c1-14-9-10-17(13-15(14)2)23-19(20)22-12-6-11-21-18(24)16-7-4-3-5-8-16;/h3-5,7-10,13H,6,11-12H2,1-2H3,(H,21,24)(H3,20,22,23);1H. The van der Waals surface area contributed by atoms with Crippen LogP contribution in [0.4, 0.5) is 5.69 Å². The number of nitrogens with one attached hydrogen (secondary N) is 2. The molecule has 0 unspecified atom stereocenters. The minimum Gasteiger partial charge on any atom is -0.370 e. The Morgan fingerprint density at radius 3 is 2.48 bits per heavy atom. The summed E-state index contributed by atoms with van der Waals surface area (Å²) in [6.07, 6.45) is 0.730. The van der Waals surface area contributed by atoms with E-state index in [1.54, 1.807) is 12.1 Å². The van der Waals surface area contributed by atoms with Crippen molar-refractivity contribution < 1.29 is 4.79 Å². The van der Waals surface area contributed by atoms with Gasteiger partial charge in [0, 0.05) is 24.3 Å². The number of hydrogen-bond acceptors (Lipinski definition) is 2. The zero-order valence-electron chi connectivity index (χ0n) is 14.6. The first-order valence-electron chi connectivity index (χ1n) is 8.03. The van der Waals surface area contributed by atoms with E-state index in [0.29, 0.717) is 24.6 Å². The molecule has 0 aromatic heterocycles. The Labute approximate surface area is 166 Å². The van der Waals surface area contributed by atoms with Crippen LogP contribution in [0.1, 0.15) is 27.9 Å². The molecule has 0 saturated carbocycles. The van der Waals surface area contributed by atoms with E-state index in [2.05, 4.69) is 29.5 Å². The molecular formula is C19H25IN4O. The predicted molar refractivity (Wildman–Crippen MR) is 115 cm³/mol. The highest BCUT2D eigenvalue weighted by Gasteiger charge is 2.02. The number of aryl methyl sites for hydroxylation is 2. The number of rotatable bonds is 6. The van der Waals surface area contributed by atoms with E-state index < -0.39 is 0 Å². The summed E-state index contributed by atoms with van der Waals surface area (Å²) in [6.45, 7) is 5.25. The van der Waals surface area contributed by atoms with Crippen molar-refractivity contribution in [1.29, 1.82) is 0 Å². The van der Waals surface area contributed by atoms with Crippen LogP contribution in [-0.2, 0) is 0 Å². The average Bonchev–Trinajstić information content (AvgIpc) is 2.58. The number of anilines is 1. The second-order valence-corrected chi connectivity index (χ2v) is 5.67. The maximum absolute atomic E-state index is 11.9. The van der Waals surface area contributed by atoms with E-state index in [0.717, 1.165) is 12.1 Å². The molecule has 2 rings (SSSR count). The Morgan fingerprint density at radius 2 is 1.80 bits per heavy atom. The molecule has 1 amide bonds. The zero-order valence-corrected chi connectivity index (χ0v) is 16.9. The molecule has 4 N–H and O–H groups in total. The number of halogens is 1. The van der Waals surface area contributed by atoms with Crippen molar-refractivity contribution in [1.82, 2.24) is 5.32 Å². The molecule has 2 aromatic carbocycles. The molecule has 0 fully saturated rings. The van der Waals surface area contributed by atoms with Gasteiger partial charge >= 0.3 is 0 Å². The van der Waals surface area contributed by atoms with E-state index in [4.69, 9.17) is 5.73 Å². The monoisotopic (exact) mass is 452 g/mol. The second-order valence-electron chi connectivity index (χ2n) is 5.67. The molecule has 2 aromatic rings. The zero-order chi connectivity index (χ0) is 17.4. The molecule has 0 heterocycles. The number of guanidine groups is 1. The lowest BCUT2D eigenvalue weighted by Crippen LogP contribution is -2.26. The number of carbonyl (C=O) groups excluding carboxylic acids is 1. The van der Waals surface area contributed by atoms with Gasteiger partial charge < -0.3 is 16.4 Å². The molecule has 0 atom stereocenters. The van der Waals surface area contributed by atoms with Crippen molar-refractivity contribution >= 4 is 41.5 Å². The summed E-state index contributed by atoms with van der Waals surface area (Å²) in [5, 5.41) is 5.94. The summed E-state index contributed by atoms with van der Waals surface area (Å²) in [7, 11) is 0. The van der Waals surface area contributed by atoms with Crippen molar-refractivity contribution in [3.63, 3.8) is 0 Å². The number of nitrogens with two attached hydrogens (primary N) is 1.